The molecule has 3 unspecified atom stereocenters. The van der Waals surface area contributed by atoms with Crippen LogP contribution in [0.1, 0.15) is 50.4 Å². The summed E-state index contributed by atoms with van der Waals surface area (Å²) in [6.45, 7) is 6.98. The van der Waals surface area contributed by atoms with Gasteiger partial charge in [0, 0.05) is 14.1 Å². The zero-order valence-electron chi connectivity index (χ0n) is 12.7. The fourth-order valence-electron chi connectivity index (χ4n) is 4.54. The molecule has 1 aromatic rings. The number of carbonyl (C=O) groups excluding carboxylic acids is 1. The highest BCUT2D eigenvalue weighted by Crippen LogP contribution is 2.62. The van der Waals surface area contributed by atoms with Crippen LogP contribution in [0.2, 0.25) is 0 Å². The van der Waals surface area contributed by atoms with Crippen LogP contribution < -0.4 is 5.32 Å². The third-order valence-corrected chi connectivity index (χ3v) is 7.08. The first-order chi connectivity index (χ1) is 9.74. The molecule has 0 aromatic heterocycles. The number of benzene rings is 1. The van der Waals surface area contributed by atoms with E-state index in [2.05, 4.69) is 64.6 Å². The van der Waals surface area contributed by atoms with Crippen LogP contribution in [0.3, 0.4) is 0 Å². The lowest BCUT2D eigenvalue weighted by molar-refractivity contribution is 0.0737. The van der Waals surface area contributed by atoms with Crippen molar-refractivity contribution in [1.29, 1.82) is 0 Å². The minimum absolute atomic E-state index is 0.0484. The lowest BCUT2D eigenvalue weighted by Crippen LogP contribution is -2.52. The van der Waals surface area contributed by atoms with E-state index < -0.39 is 0 Å². The summed E-state index contributed by atoms with van der Waals surface area (Å²) in [6, 6.07) is 6.16. The Hall–Kier alpha value is -0.100. The molecule has 2 saturated carbocycles. The molecule has 0 spiro atoms. The van der Waals surface area contributed by atoms with E-state index in [-0.39, 0.29) is 22.8 Å². The molecule has 0 radical (unpaired) electrons. The standard InChI is InChI=1S/C17H21BrINO/c1-16(2)10-6-7-17(3,9-10)15(16)20-14(21)12-8-11(19)4-5-13(12)18/h4-5,8,10,15H,6-7,9H2,1-3H3,(H,20,21). The van der Waals surface area contributed by atoms with Gasteiger partial charge in [0.15, 0.2) is 0 Å². The van der Waals surface area contributed by atoms with E-state index in [0.29, 0.717) is 0 Å². The molecule has 3 atom stereocenters. The molecule has 0 heterocycles. The Balaban J connectivity index is 1.86. The number of amides is 1. The van der Waals surface area contributed by atoms with Gasteiger partial charge in [-0.05, 0) is 92.7 Å². The summed E-state index contributed by atoms with van der Waals surface area (Å²) in [6.07, 6.45) is 3.79. The van der Waals surface area contributed by atoms with Gasteiger partial charge in [-0.2, -0.15) is 0 Å². The fraction of sp³-hybridized carbons (Fsp3) is 0.588. The van der Waals surface area contributed by atoms with Gasteiger partial charge in [-0.3, -0.25) is 4.79 Å². The Morgan fingerprint density at radius 3 is 2.71 bits per heavy atom. The van der Waals surface area contributed by atoms with Gasteiger partial charge in [0.1, 0.15) is 0 Å². The van der Waals surface area contributed by atoms with Crippen LogP contribution in [0, 0.1) is 20.3 Å². The molecular weight excluding hydrogens is 441 g/mol. The quantitative estimate of drug-likeness (QED) is 0.617. The van der Waals surface area contributed by atoms with E-state index in [1.165, 1.54) is 19.3 Å². The van der Waals surface area contributed by atoms with Crippen molar-refractivity contribution in [2.24, 2.45) is 16.7 Å². The average molecular weight is 462 g/mol. The fourth-order valence-corrected chi connectivity index (χ4v) is 5.46. The SMILES string of the molecule is CC12CCC(C1)C(C)(C)C2NC(=O)c1cc(I)ccc1Br. The summed E-state index contributed by atoms with van der Waals surface area (Å²) in [7, 11) is 0. The smallest absolute Gasteiger partial charge is 0.252 e. The number of halogens is 2. The van der Waals surface area contributed by atoms with Crippen molar-refractivity contribution in [1.82, 2.24) is 5.32 Å². The molecule has 3 rings (SSSR count). The number of nitrogens with one attached hydrogen (secondary N) is 1. The second kappa shape index (κ2) is 5.22. The summed E-state index contributed by atoms with van der Waals surface area (Å²) in [5.41, 5.74) is 1.19. The average Bonchev–Trinajstić information content (AvgIpc) is 2.88. The van der Waals surface area contributed by atoms with Crippen LogP contribution in [0.15, 0.2) is 22.7 Å². The minimum Gasteiger partial charge on any atom is -0.348 e. The zero-order chi connectivity index (χ0) is 15.4. The predicted molar refractivity (Wildman–Crippen MR) is 97.3 cm³/mol. The molecule has 2 nitrogen and oxygen atoms in total. The first-order valence-corrected chi connectivity index (χ1v) is 9.37. The largest absolute Gasteiger partial charge is 0.348 e. The molecule has 2 aliphatic rings. The van der Waals surface area contributed by atoms with Crippen LogP contribution in [0.4, 0.5) is 0 Å². The van der Waals surface area contributed by atoms with Gasteiger partial charge in [0.2, 0.25) is 0 Å². The van der Waals surface area contributed by atoms with Gasteiger partial charge >= 0.3 is 0 Å². The second-order valence-corrected chi connectivity index (χ2v) is 9.55. The third-order valence-electron chi connectivity index (χ3n) is 5.72. The Morgan fingerprint density at radius 2 is 2.10 bits per heavy atom. The summed E-state index contributed by atoms with van der Waals surface area (Å²) < 4.78 is 1.95. The van der Waals surface area contributed by atoms with Gasteiger partial charge in [0.05, 0.1) is 5.56 Å². The lowest BCUT2D eigenvalue weighted by Gasteiger charge is -2.43. The van der Waals surface area contributed by atoms with Crippen molar-refractivity contribution >= 4 is 44.4 Å². The van der Waals surface area contributed by atoms with E-state index in [0.717, 1.165) is 19.5 Å². The number of rotatable bonds is 2. The van der Waals surface area contributed by atoms with Gasteiger partial charge in [0.25, 0.3) is 5.91 Å². The normalized spacial score (nSPS) is 33.2. The van der Waals surface area contributed by atoms with Gasteiger partial charge in [-0.15, -0.1) is 0 Å². The second-order valence-electron chi connectivity index (χ2n) is 7.45. The maximum Gasteiger partial charge on any atom is 0.252 e. The van der Waals surface area contributed by atoms with Crippen LogP contribution in [0.5, 0.6) is 0 Å². The first kappa shape index (κ1) is 15.8. The van der Waals surface area contributed by atoms with Gasteiger partial charge < -0.3 is 5.32 Å². The van der Waals surface area contributed by atoms with Crippen LogP contribution in [-0.4, -0.2) is 11.9 Å². The van der Waals surface area contributed by atoms with Crippen molar-refractivity contribution in [3.63, 3.8) is 0 Å². The number of carbonyl (C=O) groups is 1. The highest BCUT2D eigenvalue weighted by Gasteiger charge is 2.59. The Morgan fingerprint density at radius 1 is 1.38 bits per heavy atom. The van der Waals surface area contributed by atoms with Gasteiger partial charge in [-0.1, -0.05) is 20.8 Å². The lowest BCUT2D eigenvalue weighted by atomic mass is 9.68. The molecule has 21 heavy (non-hydrogen) atoms. The van der Waals surface area contributed by atoms with Crippen molar-refractivity contribution in [3.05, 3.63) is 31.8 Å². The highest BCUT2D eigenvalue weighted by molar-refractivity contribution is 14.1. The van der Waals surface area contributed by atoms with E-state index in [9.17, 15) is 4.79 Å². The molecule has 1 aromatic carbocycles. The highest BCUT2D eigenvalue weighted by atomic mass is 127. The van der Waals surface area contributed by atoms with E-state index in [1.807, 2.05) is 18.2 Å². The topological polar surface area (TPSA) is 29.1 Å². The Kier molecular flexibility index (Phi) is 3.92. The zero-order valence-corrected chi connectivity index (χ0v) is 16.4. The summed E-state index contributed by atoms with van der Waals surface area (Å²) in [4.78, 5) is 12.7. The maximum atomic E-state index is 12.7. The summed E-state index contributed by atoms with van der Waals surface area (Å²) >= 11 is 5.75. The minimum atomic E-state index is 0.0484. The third kappa shape index (κ3) is 2.56. The van der Waals surface area contributed by atoms with Crippen molar-refractivity contribution in [2.45, 2.75) is 46.1 Å². The molecule has 0 saturated heterocycles. The van der Waals surface area contributed by atoms with E-state index in [4.69, 9.17) is 0 Å². The molecule has 2 bridgehead atoms. The monoisotopic (exact) mass is 461 g/mol. The van der Waals surface area contributed by atoms with Crippen LogP contribution >= 0.6 is 38.5 Å². The van der Waals surface area contributed by atoms with Crippen molar-refractivity contribution in [2.75, 3.05) is 0 Å². The number of hydrogen-bond donors (Lipinski definition) is 1. The summed E-state index contributed by atoms with van der Waals surface area (Å²) in [5.74, 6) is 0.791. The molecule has 1 amide bonds. The number of fused-ring (bicyclic) bond motifs is 2. The molecule has 2 fully saturated rings. The maximum absolute atomic E-state index is 12.7. The van der Waals surface area contributed by atoms with Crippen molar-refractivity contribution < 1.29 is 4.79 Å². The summed E-state index contributed by atoms with van der Waals surface area (Å²) in [5, 5.41) is 3.35. The Labute approximate surface area is 148 Å². The predicted octanol–water partition coefficient (Wildman–Crippen LogP) is 5.00. The first-order valence-electron chi connectivity index (χ1n) is 7.50. The molecule has 0 aliphatic heterocycles. The van der Waals surface area contributed by atoms with E-state index >= 15 is 0 Å². The molecule has 2 aliphatic carbocycles. The molecule has 114 valence electrons. The molecule has 1 N–H and O–H groups in total. The van der Waals surface area contributed by atoms with Crippen LogP contribution in [0.25, 0.3) is 0 Å². The van der Waals surface area contributed by atoms with Gasteiger partial charge in [-0.25, -0.2) is 0 Å². The van der Waals surface area contributed by atoms with E-state index in [1.54, 1.807) is 0 Å². The molecular formula is C17H21BrINO. The molecule has 4 heteroatoms. The van der Waals surface area contributed by atoms with Crippen molar-refractivity contribution in [3.8, 4) is 0 Å². The number of hydrogen-bond acceptors (Lipinski definition) is 1. The van der Waals surface area contributed by atoms with Crippen LogP contribution in [-0.2, 0) is 0 Å². The Bertz CT molecular complexity index is 596.